The first-order chi connectivity index (χ1) is 13.3. The molecule has 1 unspecified atom stereocenters. The van der Waals surface area contributed by atoms with Crippen molar-refractivity contribution >= 4 is 11.6 Å². The van der Waals surface area contributed by atoms with Gasteiger partial charge in [-0.05, 0) is 35.4 Å². The van der Waals surface area contributed by atoms with Gasteiger partial charge in [-0.3, -0.25) is 9.48 Å². The normalized spacial score (nSPS) is 18.1. The van der Waals surface area contributed by atoms with Gasteiger partial charge >= 0.3 is 6.36 Å². The average molecular weight is 417 g/mol. The van der Waals surface area contributed by atoms with Crippen LogP contribution in [0.2, 0.25) is 0 Å². The van der Waals surface area contributed by atoms with Gasteiger partial charge in [-0.2, -0.15) is 5.10 Å². The van der Waals surface area contributed by atoms with Crippen molar-refractivity contribution in [3.8, 4) is 5.75 Å². The van der Waals surface area contributed by atoms with Crippen LogP contribution in [-0.4, -0.2) is 22.1 Å². The summed E-state index contributed by atoms with van der Waals surface area (Å²) in [5.74, 6) is -1.30. The Labute approximate surface area is 163 Å². The summed E-state index contributed by atoms with van der Waals surface area (Å²) in [5.41, 5.74) is -0.461. The number of hydrogen-bond donors (Lipinski definition) is 1. The number of amides is 1. The van der Waals surface area contributed by atoms with Crippen LogP contribution in [0.1, 0.15) is 66.7 Å². The highest BCUT2D eigenvalue weighted by molar-refractivity contribution is 6.05. The summed E-state index contributed by atoms with van der Waals surface area (Å²) in [4.78, 5) is 12.6. The number of ether oxygens (including phenoxy) is 1. The predicted octanol–water partition coefficient (Wildman–Crippen LogP) is 5.29. The lowest BCUT2D eigenvalue weighted by Crippen LogP contribution is -2.22. The number of nitrogens with one attached hydrogen (secondary N) is 1. The Balaban J connectivity index is 2.04. The van der Waals surface area contributed by atoms with Gasteiger partial charge in [0, 0.05) is 24.5 Å². The molecule has 1 aliphatic rings. The molecule has 158 valence electrons. The van der Waals surface area contributed by atoms with Gasteiger partial charge in [-0.15, -0.1) is 13.2 Å². The molecule has 1 aromatic heterocycles. The molecule has 5 nitrogen and oxygen atoms in total. The molecule has 1 atom stereocenters. The van der Waals surface area contributed by atoms with Crippen LogP contribution in [0.25, 0.3) is 0 Å². The largest absolute Gasteiger partial charge is 0.573 e. The molecule has 0 saturated heterocycles. The molecule has 0 radical (unpaired) electrons. The Kier molecular flexibility index (Phi) is 5.08. The Bertz CT molecular complexity index is 950. The first-order valence-electron chi connectivity index (χ1n) is 8.86. The van der Waals surface area contributed by atoms with Gasteiger partial charge in [0.25, 0.3) is 12.3 Å². The van der Waals surface area contributed by atoms with Crippen molar-refractivity contribution in [1.82, 2.24) is 9.78 Å². The lowest BCUT2D eigenvalue weighted by molar-refractivity contribution is -0.275. The number of alkyl halides is 5. The monoisotopic (exact) mass is 417 g/mol. The molecule has 0 aliphatic heterocycles. The summed E-state index contributed by atoms with van der Waals surface area (Å²) < 4.78 is 70.1. The summed E-state index contributed by atoms with van der Waals surface area (Å²) in [6, 6.07) is 2.44. The van der Waals surface area contributed by atoms with Gasteiger partial charge in [0.05, 0.1) is 5.56 Å². The fraction of sp³-hybridized carbons (Fsp3) is 0.474. The van der Waals surface area contributed by atoms with Crippen LogP contribution in [0.4, 0.5) is 27.6 Å². The van der Waals surface area contributed by atoms with Crippen molar-refractivity contribution in [3.63, 3.8) is 0 Å². The van der Waals surface area contributed by atoms with Crippen LogP contribution in [0.3, 0.4) is 0 Å². The third-order valence-electron chi connectivity index (χ3n) is 4.98. The van der Waals surface area contributed by atoms with Crippen LogP contribution < -0.4 is 10.1 Å². The molecule has 3 rings (SSSR count). The van der Waals surface area contributed by atoms with E-state index in [0.717, 1.165) is 10.7 Å². The predicted molar refractivity (Wildman–Crippen MR) is 95.3 cm³/mol. The number of anilines is 1. The van der Waals surface area contributed by atoms with Crippen LogP contribution in [0, 0.1) is 0 Å². The minimum Gasteiger partial charge on any atom is -0.405 e. The number of carbonyl (C=O) groups excluding carboxylic acids is 1. The van der Waals surface area contributed by atoms with Gasteiger partial charge in [-0.25, -0.2) is 8.78 Å². The maximum atomic E-state index is 13.2. The van der Waals surface area contributed by atoms with Crippen molar-refractivity contribution in [2.75, 3.05) is 5.32 Å². The number of aromatic nitrogens is 2. The van der Waals surface area contributed by atoms with Crippen LogP contribution in [0.5, 0.6) is 5.75 Å². The molecule has 1 heterocycles. The zero-order valence-electron chi connectivity index (χ0n) is 16.2. The molecule has 0 saturated carbocycles. The van der Waals surface area contributed by atoms with E-state index in [1.165, 1.54) is 19.3 Å². The molecule has 29 heavy (non-hydrogen) atoms. The molecule has 0 fully saturated rings. The van der Waals surface area contributed by atoms with E-state index in [2.05, 4.69) is 15.2 Å². The van der Waals surface area contributed by atoms with E-state index >= 15 is 0 Å². The van der Waals surface area contributed by atoms with Crippen molar-refractivity contribution in [2.45, 2.75) is 51.3 Å². The third-order valence-corrected chi connectivity index (χ3v) is 4.98. The van der Waals surface area contributed by atoms with Crippen molar-refractivity contribution in [2.24, 2.45) is 7.05 Å². The van der Waals surface area contributed by atoms with Crippen molar-refractivity contribution in [3.05, 3.63) is 40.7 Å². The molecule has 1 amide bonds. The quantitative estimate of drug-likeness (QED) is 0.688. The van der Waals surface area contributed by atoms with E-state index in [0.29, 0.717) is 17.5 Å². The Hall–Kier alpha value is -2.65. The van der Waals surface area contributed by atoms with Crippen LogP contribution in [0.15, 0.2) is 18.3 Å². The number of nitrogens with zero attached hydrogens (tertiary/aromatic N) is 2. The highest BCUT2D eigenvalue weighted by atomic mass is 19.4. The SMILES string of the molecule is CC1CC(C)(C)c2c(OC(F)(F)F)ccc(NC(=O)c3cn(C)nc3C(F)F)c21. The van der Waals surface area contributed by atoms with Gasteiger partial charge in [0.1, 0.15) is 11.4 Å². The number of halogens is 5. The Morgan fingerprint density at radius 1 is 1.34 bits per heavy atom. The fourth-order valence-electron chi connectivity index (χ4n) is 4.13. The first kappa shape index (κ1) is 21.1. The summed E-state index contributed by atoms with van der Waals surface area (Å²) >= 11 is 0. The minimum atomic E-state index is -4.86. The fourth-order valence-corrected chi connectivity index (χ4v) is 4.13. The molecule has 1 aromatic carbocycles. The summed E-state index contributed by atoms with van der Waals surface area (Å²) in [5, 5.41) is 6.16. The van der Waals surface area contributed by atoms with E-state index in [1.807, 2.05) is 6.92 Å². The molecule has 1 aliphatic carbocycles. The smallest absolute Gasteiger partial charge is 0.405 e. The van der Waals surface area contributed by atoms with Crippen molar-refractivity contribution in [1.29, 1.82) is 0 Å². The number of carbonyl (C=O) groups is 1. The second-order valence-electron chi connectivity index (χ2n) is 7.79. The van der Waals surface area contributed by atoms with E-state index in [9.17, 15) is 26.7 Å². The maximum Gasteiger partial charge on any atom is 0.573 e. The number of fused-ring (bicyclic) bond motifs is 1. The highest BCUT2D eigenvalue weighted by Gasteiger charge is 2.42. The highest BCUT2D eigenvalue weighted by Crippen LogP contribution is 2.53. The number of benzene rings is 1. The van der Waals surface area contributed by atoms with Crippen LogP contribution >= 0.6 is 0 Å². The number of rotatable bonds is 4. The van der Waals surface area contributed by atoms with E-state index in [-0.39, 0.29) is 22.9 Å². The van der Waals surface area contributed by atoms with E-state index in [4.69, 9.17) is 0 Å². The molecule has 10 heteroatoms. The minimum absolute atomic E-state index is 0.171. The number of aryl methyl sites for hydroxylation is 1. The second-order valence-corrected chi connectivity index (χ2v) is 7.79. The van der Waals surface area contributed by atoms with Gasteiger partial charge < -0.3 is 10.1 Å². The lowest BCUT2D eigenvalue weighted by Gasteiger charge is -2.24. The third kappa shape index (κ3) is 4.06. The Morgan fingerprint density at radius 3 is 2.59 bits per heavy atom. The zero-order valence-corrected chi connectivity index (χ0v) is 16.2. The van der Waals surface area contributed by atoms with Gasteiger partial charge in [0.2, 0.25) is 0 Å². The lowest BCUT2D eigenvalue weighted by atomic mass is 9.85. The maximum absolute atomic E-state index is 13.2. The standard InChI is InChI=1S/C19H20F5N3O2/c1-9-7-18(2,3)14-12(29-19(22,23)24)6-5-11(13(9)14)25-17(28)10-8-27(4)26-15(10)16(20)21/h5-6,8-9,16H,7H2,1-4H3,(H,25,28). The van der Waals surface area contributed by atoms with Crippen molar-refractivity contribution < 1.29 is 31.5 Å². The van der Waals surface area contributed by atoms with E-state index in [1.54, 1.807) is 13.8 Å². The second kappa shape index (κ2) is 7.00. The van der Waals surface area contributed by atoms with E-state index < -0.39 is 29.8 Å². The van der Waals surface area contributed by atoms with Gasteiger partial charge in [0.15, 0.2) is 0 Å². The molecule has 2 aromatic rings. The van der Waals surface area contributed by atoms with Crippen LogP contribution in [-0.2, 0) is 12.5 Å². The van der Waals surface area contributed by atoms with Gasteiger partial charge in [-0.1, -0.05) is 20.8 Å². The topological polar surface area (TPSA) is 56.1 Å². The summed E-state index contributed by atoms with van der Waals surface area (Å²) in [6.07, 6.45) is -6.09. The molecule has 1 N–H and O–H groups in total. The molecule has 0 spiro atoms. The molecular weight excluding hydrogens is 397 g/mol. The number of hydrogen-bond acceptors (Lipinski definition) is 3. The average Bonchev–Trinajstić information content (AvgIpc) is 3.06. The summed E-state index contributed by atoms with van der Waals surface area (Å²) in [6.45, 7) is 5.41. The first-order valence-corrected chi connectivity index (χ1v) is 8.86. The molecule has 0 bridgehead atoms. The molecular formula is C19H20F5N3O2. The Morgan fingerprint density at radius 2 is 2.00 bits per heavy atom. The zero-order chi connectivity index (χ0) is 21.7. The summed E-state index contributed by atoms with van der Waals surface area (Å²) in [7, 11) is 1.41.